The quantitative estimate of drug-likeness (QED) is 0.0824. The van der Waals surface area contributed by atoms with E-state index in [1.165, 1.54) is 0 Å². The van der Waals surface area contributed by atoms with Crippen LogP contribution in [0.15, 0.2) is 0 Å². The van der Waals surface area contributed by atoms with E-state index >= 15 is 0 Å². The lowest BCUT2D eigenvalue weighted by Gasteiger charge is -2.45. The van der Waals surface area contributed by atoms with Crippen LogP contribution in [0.5, 0.6) is 0 Å². The van der Waals surface area contributed by atoms with Crippen molar-refractivity contribution in [2.45, 2.75) is 195 Å². The molecular formula is C44H74O12. The highest BCUT2D eigenvalue weighted by atomic mass is 16.7. The molecular weight excluding hydrogens is 720 g/mol. The van der Waals surface area contributed by atoms with E-state index in [0.717, 1.165) is 6.42 Å². The zero-order valence-corrected chi connectivity index (χ0v) is 35.9. The first kappa shape index (κ1) is 49.6. The maximum Gasteiger partial charge on any atom is 0.305 e. The van der Waals surface area contributed by atoms with E-state index in [-0.39, 0.29) is 129 Å². The van der Waals surface area contributed by atoms with Crippen LogP contribution in [-0.4, -0.2) is 90.2 Å². The number of esters is 2. The van der Waals surface area contributed by atoms with Gasteiger partial charge in [-0.3, -0.25) is 28.8 Å². The van der Waals surface area contributed by atoms with E-state index in [2.05, 4.69) is 13.8 Å². The number of rotatable bonds is 27. The van der Waals surface area contributed by atoms with Gasteiger partial charge in [-0.1, -0.05) is 61.8 Å². The average Bonchev–Trinajstić information content (AvgIpc) is 3.16. The third-order valence-electron chi connectivity index (χ3n) is 12.0. The number of Topliss-reactive ketones (excluding diaryl/α,β-unsaturated/α-hetero) is 4. The summed E-state index contributed by atoms with van der Waals surface area (Å²) in [6.45, 7) is 17.4. The summed E-state index contributed by atoms with van der Waals surface area (Å²) in [5.41, 5.74) is 0. The Kier molecular flexibility index (Phi) is 22.8. The van der Waals surface area contributed by atoms with E-state index in [9.17, 15) is 33.9 Å². The molecule has 2 heterocycles. The molecule has 0 aromatic carbocycles. The van der Waals surface area contributed by atoms with Gasteiger partial charge in [0.25, 0.3) is 0 Å². The first-order valence-corrected chi connectivity index (χ1v) is 21.6. The summed E-state index contributed by atoms with van der Waals surface area (Å²) >= 11 is 0. The Balaban J connectivity index is 2.31. The summed E-state index contributed by atoms with van der Waals surface area (Å²) < 4.78 is 30.3. The van der Waals surface area contributed by atoms with Gasteiger partial charge in [-0.25, -0.2) is 0 Å². The van der Waals surface area contributed by atoms with Crippen molar-refractivity contribution in [3.05, 3.63) is 0 Å². The van der Waals surface area contributed by atoms with Crippen molar-refractivity contribution in [3.63, 3.8) is 0 Å². The molecule has 0 spiro atoms. The van der Waals surface area contributed by atoms with Gasteiger partial charge in [0.1, 0.15) is 35.3 Å². The van der Waals surface area contributed by atoms with Crippen LogP contribution >= 0.6 is 0 Å². The maximum atomic E-state index is 13.7. The van der Waals surface area contributed by atoms with Crippen molar-refractivity contribution in [2.75, 3.05) is 13.2 Å². The van der Waals surface area contributed by atoms with Crippen LogP contribution in [-0.2, 0) is 52.5 Å². The molecule has 56 heavy (non-hydrogen) atoms. The fraction of sp³-hybridized carbons (Fsp3) is 0.864. The van der Waals surface area contributed by atoms with Crippen molar-refractivity contribution in [3.8, 4) is 0 Å². The van der Waals surface area contributed by atoms with Crippen LogP contribution in [0, 0.1) is 35.5 Å². The maximum absolute atomic E-state index is 13.7. The van der Waals surface area contributed by atoms with Gasteiger partial charge in [0.2, 0.25) is 0 Å². The van der Waals surface area contributed by atoms with Crippen molar-refractivity contribution in [1.82, 2.24) is 0 Å². The molecule has 0 saturated carbocycles. The lowest BCUT2D eigenvalue weighted by atomic mass is 9.72. The van der Waals surface area contributed by atoms with Crippen molar-refractivity contribution in [1.29, 1.82) is 0 Å². The summed E-state index contributed by atoms with van der Waals surface area (Å²) in [7, 11) is 0. The highest BCUT2D eigenvalue weighted by Crippen LogP contribution is 2.41. The smallest absolute Gasteiger partial charge is 0.305 e. The van der Waals surface area contributed by atoms with E-state index in [1.54, 1.807) is 13.8 Å². The summed E-state index contributed by atoms with van der Waals surface area (Å²) in [6, 6.07) is 0. The number of aliphatic hydroxyl groups is 1. The Labute approximate surface area is 336 Å². The zero-order valence-electron chi connectivity index (χ0n) is 35.9. The molecule has 2 aliphatic heterocycles. The SMILES string of the molecule is CCC(=O)OC(CC)CC(=O)CC1C(OCC2CC(CC(=O)CC(O)CC)C(CC(=O)CC(C)CC)CO2)OC(C)C(C)C1CC(=O)CC(CC)OC(=O)CC. The highest BCUT2D eigenvalue weighted by molar-refractivity contribution is 5.82. The molecule has 12 unspecified atom stereocenters. The number of carbonyl (C=O) groups excluding carboxylic acids is 6. The Morgan fingerprint density at radius 2 is 1.18 bits per heavy atom. The monoisotopic (exact) mass is 795 g/mol. The summed E-state index contributed by atoms with van der Waals surface area (Å²) in [5.74, 6) is -1.70. The van der Waals surface area contributed by atoms with Crippen molar-refractivity contribution < 1.29 is 57.6 Å². The fourth-order valence-electron chi connectivity index (χ4n) is 7.88. The molecule has 2 saturated heterocycles. The molecule has 2 fully saturated rings. The predicted molar refractivity (Wildman–Crippen MR) is 211 cm³/mol. The minimum atomic E-state index is -0.848. The van der Waals surface area contributed by atoms with Crippen molar-refractivity contribution >= 4 is 35.1 Å². The molecule has 12 nitrogen and oxygen atoms in total. The van der Waals surface area contributed by atoms with E-state index in [4.69, 9.17) is 23.7 Å². The third-order valence-corrected chi connectivity index (χ3v) is 12.0. The second kappa shape index (κ2) is 25.7. The zero-order chi connectivity index (χ0) is 41.9. The molecule has 0 amide bonds. The number of ketones is 4. The van der Waals surface area contributed by atoms with Gasteiger partial charge >= 0.3 is 11.9 Å². The van der Waals surface area contributed by atoms with Gasteiger partial charge in [-0.15, -0.1) is 0 Å². The van der Waals surface area contributed by atoms with Crippen LogP contribution in [0.2, 0.25) is 0 Å². The Bertz CT molecular complexity index is 1250. The second-order valence-electron chi connectivity index (χ2n) is 16.6. The Morgan fingerprint density at radius 1 is 0.661 bits per heavy atom. The predicted octanol–water partition coefficient (Wildman–Crippen LogP) is 7.32. The molecule has 0 aliphatic carbocycles. The summed E-state index contributed by atoms with van der Waals surface area (Å²) in [6.07, 6.45) is 1.34. The van der Waals surface area contributed by atoms with E-state index in [0.29, 0.717) is 45.1 Å². The molecule has 0 bridgehead atoms. The molecule has 12 atom stereocenters. The topological polar surface area (TPSA) is 169 Å². The van der Waals surface area contributed by atoms with E-state index in [1.807, 2.05) is 34.6 Å². The number of hydrogen-bond acceptors (Lipinski definition) is 12. The fourth-order valence-corrected chi connectivity index (χ4v) is 7.88. The van der Waals surface area contributed by atoms with Gasteiger partial charge in [0.15, 0.2) is 6.29 Å². The minimum Gasteiger partial charge on any atom is -0.462 e. The van der Waals surface area contributed by atoms with Crippen LogP contribution in [0.25, 0.3) is 0 Å². The minimum absolute atomic E-state index is 0.0340. The molecule has 0 radical (unpaired) electrons. The first-order chi connectivity index (χ1) is 26.6. The molecule has 2 aliphatic rings. The van der Waals surface area contributed by atoms with Gasteiger partial charge in [-0.2, -0.15) is 0 Å². The normalized spacial score (nSPS) is 27.4. The van der Waals surface area contributed by atoms with Crippen LogP contribution < -0.4 is 0 Å². The van der Waals surface area contributed by atoms with Crippen LogP contribution in [0.1, 0.15) is 159 Å². The standard InChI is InChI=1S/C44H74O12/c1-10-27(7)16-33(46)18-31-25-52-39(19-30(31)17-34(47)20-32(45)11-2)26-53-44-41(24-36(49)22-38(13-4)56-43(51)15-6)40(28(8)29(9)54-44)23-35(48)21-37(12-3)55-42(50)14-5/h27-32,37-41,44-45H,10-26H2,1-9H3. The largest absolute Gasteiger partial charge is 0.462 e. The van der Waals surface area contributed by atoms with Crippen LogP contribution in [0.4, 0.5) is 0 Å². The number of hydrogen-bond donors (Lipinski definition) is 1. The van der Waals surface area contributed by atoms with Gasteiger partial charge in [0, 0.05) is 70.1 Å². The summed E-state index contributed by atoms with van der Waals surface area (Å²) in [4.78, 5) is 77.5. The van der Waals surface area contributed by atoms with Crippen LogP contribution in [0.3, 0.4) is 0 Å². The van der Waals surface area contributed by atoms with E-state index < -0.39 is 36.6 Å². The third kappa shape index (κ3) is 17.1. The Morgan fingerprint density at radius 3 is 1.70 bits per heavy atom. The average molecular weight is 795 g/mol. The van der Waals surface area contributed by atoms with Crippen molar-refractivity contribution in [2.24, 2.45) is 35.5 Å². The molecule has 322 valence electrons. The molecule has 0 aromatic rings. The number of ether oxygens (including phenoxy) is 5. The molecule has 2 rings (SSSR count). The van der Waals surface area contributed by atoms with Gasteiger partial charge in [-0.05, 0) is 62.2 Å². The van der Waals surface area contributed by atoms with Gasteiger partial charge in [0.05, 0.1) is 31.5 Å². The second-order valence-corrected chi connectivity index (χ2v) is 16.6. The lowest BCUT2D eigenvalue weighted by Crippen LogP contribution is -2.49. The number of aliphatic hydroxyl groups excluding tert-OH is 1. The highest BCUT2D eigenvalue weighted by Gasteiger charge is 2.45. The molecule has 0 aromatic heterocycles. The van der Waals surface area contributed by atoms with Gasteiger partial charge < -0.3 is 28.8 Å². The first-order valence-electron chi connectivity index (χ1n) is 21.6. The summed E-state index contributed by atoms with van der Waals surface area (Å²) in [5, 5.41) is 10.2. The number of carbonyl (C=O) groups is 6. The molecule has 12 heteroatoms. The lowest BCUT2D eigenvalue weighted by molar-refractivity contribution is -0.260. The Hall–Kier alpha value is -2.54. The molecule has 1 N–H and O–H groups in total.